The van der Waals surface area contributed by atoms with Gasteiger partial charge in [-0.1, -0.05) is 19.1 Å². The van der Waals surface area contributed by atoms with Crippen LogP contribution in [0.3, 0.4) is 0 Å². The molecule has 0 aliphatic heterocycles. The van der Waals surface area contributed by atoms with Crippen LogP contribution in [0.5, 0.6) is 11.5 Å². The van der Waals surface area contributed by atoms with Gasteiger partial charge in [0.25, 0.3) is 0 Å². The molecule has 0 aliphatic carbocycles. The Hall–Kier alpha value is -2.75. The van der Waals surface area contributed by atoms with Crippen molar-refractivity contribution in [1.29, 1.82) is 0 Å². The largest absolute Gasteiger partial charge is 0.457 e. The zero-order chi connectivity index (χ0) is 15.4. The fourth-order valence-electron chi connectivity index (χ4n) is 2.31. The number of nitrogens with zero attached hydrogens (tertiary/aromatic N) is 2. The van der Waals surface area contributed by atoms with E-state index in [1.807, 2.05) is 47.3 Å². The van der Waals surface area contributed by atoms with Gasteiger partial charge in [-0.3, -0.25) is 4.68 Å². The molecule has 3 aromatic rings. The number of benzene rings is 2. The summed E-state index contributed by atoms with van der Waals surface area (Å²) in [5.41, 5.74) is 8.92. The molecule has 0 saturated carbocycles. The Kier molecular flexibility index (Phi) is 4.10. The number of aromatic nitrogens is 2. The summed E-state index contributed by atoms with van der Waals surface area (Å²) >= 11 is 0. The van der Waals surface area contributed by atoms with Gasteiger partial charge in [-0.2, -0.15) is 5.10 Å². The molecule has 2 aromatic carbocycles. The van der Waals surface area contributed by atoms with Crippen molar-refractivity contribution >= 4 is 5.69 Å². The second-order valence-electron chi connectivity index (χ2n) is 5.17. The van der Waals surface area contributed by atoms with Gasteiger partial charge in [0.1, 0.15) is 11.5 Å². The molecule has 1 aromatic heterocycles. The lowest BCUT2D eigenvalue weighted by atomic mass is 10.1. The van der Waals surface area contributed by atoms with E-state index in [9.17, 15) is 0 Å². The number of hydrogen-bond donors (Lipinski definition) is 1. The van der Waals surface area contributed by atoms with Gasteiger partial charge in [0.05, 0.1) is 6.54 Å². The van der Waals surface area contributed by atoms with Crippen molar-refractivity contribution in [2.24, 2.45) is 0 Å². The van der Waals surface area contributed by atoms with Gasteiger partial charge < -0.3 is 10.5 Å². The first-order chi connectivity index (χ1) is 10.7. The van der Waals surface area contributed by atoms with Crippen LogP contribution in [-0.2, 0) is 13.0 Å². The van der Waals surface area contributed by atoms with E-state index in [4.69, 9.17) is 10.5 Å². The normalized spacial score (nSPS) is 10.6. The third kappa shape index (κ3) is 3.28. The molecule has 0 fully saturated rings. The maximum atomic E-state index is 6.02. The Morgan fingerprint density at radius 3 is 2.64 bits per heavy atom. The van der Waals surface area contributed by atoms with Crippen molar-refractivity contribution in [3.05, 3.63) is 72.1 Å². The first-order valence-corrected chi connectivity index (χ1v) is 7.37. The summed E-state index contributed by atoms with van der Waals surface area (Å²) in [7, 11) is 0. The Labute approximate surface area is 130 Å². The second kappa shape index (κ2) is 6.35. The maximum Gasteiger partial charge on any atom is 0.132 e. The molecule has 0 bridgehead atoms. The van der Waals surface area contributed by atoms with E-state index in [1.165, 1.54) is 5.56 Å². The third-order valence-electron chi connectivity index (χ3n) is 3.54. The van der Waals surface area contributed by atoms with E-state index < -0.39 is 0 Å². The number of nitrogen functional groups attached to an aromatic ring is 1. The Balaban J connectivity index is 1.85. The lowest BCUT2D eigenvalue weighted by Crippen LogP contribution is -2.03. The van der Waals surface area contributed by atoms with Crippen molar-refractivity contribution in [1.82, 2.24) is 9.78 Å². The highest BCUT2D eigenvalue weighted by Crippen LogP contribution is 2.28. The van der Waals surface area contributed by atoms with Gasteiger partial charge in [-0.05, 0) is 48.4 Å². The van der Waals surface area contributed by atoms with Crippen LogP contribution in [-0.4, -0.2) is 9.78 Å². The van der Waals surface area contributed by atoms with Crippen molar-refractivity contribution < 1.29 is 4.74 Å². The van der Waals surface area contributed by atoms with Crippen LogP contribution in [0.25, 0.3) is 0 Å². The first-order valence-electron chi connectivity index (χ1n) is 7.37. The molecule has 0 saturated heterocycles. The minimum Gasteiger partial charge on any atom is -0.457 e. The molecular formula is C18H19N3O. The van der Waals surface area contributed by atoms with E-state index >= 15 is 0 Å². The van der Waals surface area contributed by atoms with Crippen LogP contribution in [0.4, 0.5) is 5.69 Å². The zero-order valence-electron chi connectivity index (χ0n) is 12.6. The van der Waals surface area contributed by atoms with E-state index in [2.05, 4.69) is 24.2 Å². The Morgan fingerprint density at radius 1 is 1.14 bits per heavy atom. The monoisotopic (exact) mass is 293 g/mol. The average molecular weight is 293 g/mol. The van der Waals surface area contributed by atoms with E-state index in [0.717, 1.165) is 29.2 Å². The summed E-state index contributed by atoms with van der Waals surface area (Å²) in [6.07, 6.45) is 4.70. The lowest BCUT2D eigenvalue weighted by Gasteiger charge is -2.12. The minimum atomic E-state index is 0.625. The number of nitrogens with two attached hydrogens (primary N) is 1. The van der Waals surface area contributed by atoms with Crippen molar-refractivity contribution in [3.8, 4) is 11.5 Å². The summed E-state index contributed by atoms with van der Waals surface area (Å²) in [5.74, 6) is 1.62. The van der Waals surface area contributed by atoms with E-state index in [-0.39, 0.29) is 0 Å². The van der Waals surface area contributed by atoms with Gasteiger partial charge in [-0.25, -0.2) is 0 Å². The molecule has 22 heavy (non-hydrogen) atoms. The van der Waals surface area contributed by atoms with Crippen molar-refractivity contribution in [2.45, 2.75) is 19.9 Å². The number of ether oxygens (including phenoxy) is 1. The van der Waals surface area contributed by atoms with Crippen LogP contribution in [0.15, 0.2) is 60.9 Å². The molecule has 112 valence electrons. The van der Waals surface area contributed by atoms with Crippen LogP contribution in [0.1, 0.15) is 18.1 Å². The molecular weight excluding hydrogens is 274 g/mol. The van der Waals surface area contributed by atoms with Crippen molar-refractivity contribution in [2.75, 3.05) is 5.73 Å². The summed E-state index contributed by atoms with van der Waals surface area (Å²) in [6.45, 7) is 2.76. The highest BCUT2D eigenvalue weighted by molar-refractivity contribution is 5.49. The summed E-state index contributed by atoms with van der Waals surface area (Å²) < 4.78 is 7.87. The molecule has 0 radical (unpaired) electrons. The summed E-state index contributed by atoms with van der Waals surface area (Å²) in [4.78, 5) is 0. The van der Waals surface area contributed by atoms with Gasteiger partial charge in [0.15, 0.2) is 0 Å². The van der Waals surface area contributed by atoms with E-state index in [1.54, 1.807) is 6.20 Å². The Bertz CT molecular complexity index is 734. The zero-order valence-corrected chi connectivity index (χ0v) is 12.6. The van der Waals surface area contributed by atoms with Crippen LogP contribution in [0.2, 0.25) is 0 Å². The Morgan fingerprint density at radius 2 is 1.95 bits per heavy atom. The molecule has 0 spiro atoms. The number of anilines is 1. The predicted octanol–water partition coefficient (Wildman–Crippen LogP) is 3.87. The number of hydrogen-bond acceptors (Lipinski definition) is 3. The number of rotatable bonds is 5. The second-order valence-corrected chi connectivity index (χ2v) is 5.17. The summed E-state index contributed by atoms with van der Waals surface area (Å²) in [6, 6.07) is 15.7. The van der Waals surface area contributed by atoms with Crippen LogP contribution >= 0.6 is 0 Å². The lowest BCUT2D eigenvalue weighted by molar-refractivity contribution is 0.472. The highest BCUT2D eigenvalue weighted by atomic mass is 16.5. The first kappa shape index (κ1) is 14.2. The molecule has 0 unspecified atom stereocenters. The molecule has 4 nitrogen and oxygen atoms in total. The van der Waals surface area contributed by atoms with Gasteiger partial charge in [0.2, 0.25) is 0 Å². The van der Waals surface area contributed by atoms with Gasteiger partial charge >= 0.3 is 0 Å². The standard InChI is InChI=1S/C18H19N3O/c1-2-14-4-7-17(8-5-14)22-18-9-6-16(19)12-15(18)13-21-11-3-10-20-21/h3-12H,2,13,19H2,1H3. The topological polar surface area (TPSA) is 53.1 Å². The molecule has 4 heteroatoms. The molecule has 3 rings (SSSR count). The maximum absolute atomic E-state index is 6.02. The minimum absolute atomic E-state index is 0.625. The van der Waals surface area contributed by atoms with Crippen LogP contribution in [0, 0.1) is 0 Å². The SMILES string of the molecule is CCc1ccc(Oc2ccc(N)cc2Cn2cccn2)cc1. The third-order valence-corrected chi connectivity index (χ3v) is 3.54. The molecule has 0 atom stereocenters. The average Bonchev–Trinajstić information content (AvgIpc) is 3.04. The molecule has 0 aliphatic rings. The molecule has 1 heterocycles. The van der Waals surface area contributed by atoms with Gasteiger partial charge in [0, 0.05) is 23.6 Å². The number of aryl methyl sites for hydroxylation is 1. The smallest absolute Gasteiger partial charge is 0.132 e. The summed E-state index contributed by atoms with van der Waals surface area (Å²) in [5, 5.41) is 4.23. The van der Waals surface area contributed by atoms with Gasteiger partial charge in [-0.15, -0.1) is 0 Å². The quantitative estimate of drug-likeness (QED) is 0.727. The molecule has 0 amide bonds. The molecule has 2 N–H and O–H groups in total. The van der Waals surface area contributed by atoms with Crippen LogP contribution < -0.4 is 10.5 Å². The fraction of sp³-hybridized carbons (Fsp3) is 0.167. The predicted molar refractivity (Wildman–Crippen MR) is 88.1 cm³/mol. The van der Waals surface area contributed by atoms with Crippen molar-refractivity contribution in [3.63, 3.8) is 0 Å². The highest BCUT2D eigenvalue weighted by Gasteiger charge is 2.07. The van der Waals surface area contributed by atoms with E-state index in [0.29, 0.717) is 6.54 Å². The fourth-order valence-corrected chi connectivity index (χ4v) is 2.31.